The molecule has 0 aromatic heterocycles. The van der Waals surface area contributed by atoms with E-state index in [0.717, 1.165) is 25.7 Å². The molecule has 0 saturated heterocycles. The minimum Gasteiger partial charge on any atom is -0.478 e. The number of benzene rings is 1. The first-order chi connectivity index (χ1) is 15.1. The van der Waals surface area contributed by atoms with Crippen LogP contribution in [0.4, 0.5) is 0 Å². The minimum absolute atomic E-state index is 0.0929. The van der Waals surface area contributed by atoms with Gasteiger partial charge < -0.3 is 29.2 Å². The van der Waals surface area contributed by atoms with Gasteiger partial charge in [-0.2, -0.15) is 0 Å². The maximum atomic E-state index is 12.2. The molecule has 0 aliphatic carbocycles. The van der Waals surface area contributed by atoms with E-state index in [2.05, 4.69) is 0 Å². The Morgan fingerprint density at radius 3 is 1.31 bits per heavy atom. The van der Waals surface area contributed by atoms with Crippen LogP contribution in [0.5, 0.6) is 0 Å². The maximum absolute atomic E-state index is 12.2. The zero-order valence-corrected chi connectivity index (χ0v) is 20.2. The SMILES string of the molecule is CCCCOC(C)(OCC)c1c(C(=O)O)ccc(C(=O)O)c1C(C)(OCC)OCCCC. The minimum atomic E-state index is -1.52. The Balaban J connectivity index is 3.96. The molecule has 0 heterocycles. The molecule has 8 nitrogen and oxygen atoms in total. The summed E-state index contributed by atoms with van der Waals surface area (Å²) in [5, 5.41) is 20.0. The number of carboxylic acids is 2. The summed E-state index contributed by atoms with van der Waals surface area (Å²) in [4.78, 5) is 24.5. The normalized spacial score (nSPS) is 15.2. The van der Waals surface area contributed by atoms with Crippen molar-refractivity contribution in [3.05, 3.63) is 34.4 Å². The van der Waals surface area contributed by atoms with E-state index in [1.165, 1.54) is 12.1 Å². The lowest BCUT2D eigenvalue weighted by Gasteiger charge is -2.39. The Kier molecular flexibility index (Phi) is 11.3. The zero-order chi connectivity index (χ0) is 24.4. The summed E-state index contributed by atoms with van der Waals surface area (Å²) in [6.07, 6.45) is 3.20. The molecule has 0 aliphatic heterocycles. The first kappa shape index (κ1) is 28.0. The number of carbonyl (C=O) groups is 2. The van der Waals surface area contributed by atoms with Crippen molar-refractivity contribution in [1.82, 2.24) is 0 Å². The average Bonchev–Trinajstić information content (AvgIpc) is 2.73. The Labute approximate surface area is 190 Å². The van der Waals surface area contributed by atoms with E-state index in [4.69, 9.17) is 18.9 Å². The molecule has 1 aromatic rings. The summed E-state index contributed by atoms with van der Waals surface area (Å²) in [6, 6.07) is 2.53. The lowest BCUT2D eigenvalue weighted by Crippen LogP contribution is -2.40. The van der Waals surface area contributed by atoms with Gasteiger partial charge in [-0.3, -0.25) is 0 Å². The van der Waals surface area contributed by atoms with Crippen LogP contribution in [0.3, 0.4) is 0 Å². The Bertz CT molecular complexity index is 700. The van der Waals surface area contributed by atoms with Crippen LogP contribution in [-0.2, 0) is 30.5 Å². The van der Waals surface area contributed by atoms with Gasteiger partial charge in [0, 0.05) is 24.3 Å². The second-order valence-corrected chi connectivity index (χ2v) is 7.68. The summed E-state index contributed by atoms with van der Waals surface area (Å²) in [5.74, 6) is -5.50. The van der Waals surface area contributed by atoms with E-state index in [-0.39, 0.29) is 35.5 Å². The lowest BCUT2D eigenvalue weighted by molar-refractivity contribution is -0.250. The summed E-state index contributed by atoms with van der Waals surface area (Å²) in [5.41, 5.74) is -0.0597. The van der Waals surface area contributed by atoms with Gasteiger partial charge >= 0.3 is 11.9 Å². The van der Waals surface area contributed by atoms with Crippen LogP contribution in [0.1, 0.15) is 99.1 Å². The molecule has 0 amide bonds. The number of hydrogen-bond donors (Lipinski definition) is 2. The molecule has 8 heteroatoms. The predicted octanol–water partition coefficient (Wildman–Crippen LogP) is 5.13. The van der Waals surface area contributed by atoms with E-state index in [1.54, 1.807) is 27.7 Å². The lowest BCUT2D eigenvalue weighted by atomic mass is 9.86. The Morgan fingerprint density at radius 1 is 0.719 bits per heavy atom. The zero-order valence-electron chi connectivity index (χ0n) is 20.2. The number of hydrogen-bond acceptors (Lipinski definition) is 6. The highest BCUT2D eigenvalue weighted by Gasteiger charge is 2.44. The van der Waals surface area contributed by atoms with Gasteiger partial charge in [-0.15, -0.1) is 0 Å². The van der Waals surface area contributed by atoms with Crippen LogP contribution in [0, 0.1) is 0 Å². The quantitative estimate of drug-likeness (QED) is 0.261. The van der Waals surface area contributed by atoms with Gasteiger partial charge in [0.25, 0.3) is 0 Å². The highest BCUT2D eigenvalue weighted by Crippen LogP contribution is 2.42. The molecule has 0 saturated carbocycles. The van der Waals surface area contributed by atoms with E-state index in [9.17, 15) is 19.8 Å². The second kappa shape index (κ2) is 12.9. The van der Waals surface area contributed by atoms with Crippen molar-refractivity contribution in [2.45, 2.75) is 78.8 Å². The molecule has 2 unspecified atom stereocenters. The fraction of sp³-hybridized carbons (Fsp3) is 0.667. The number of aromatic carboxylic acids is 2. The van der Waals surface area contributed by atoms with Crippen LogP contribution < -0.4 is 0 Å². The van der Waals surface area contributed by atoms with Crippen molar-refractivity contribution in [2.24, 2.45) is 0 Å². The van der Waals surface area contributed by atoms with Crippen LogP contribution in [-0.4, -0.2) is 48.6 Å². The molecule has 182 valence electrons. The van der Waals surface area contributed by atoms with E-state index >= 15 is 0 Å². The molecule has 1 aromatic carbocycles. The van der Waals surface area contributed by atoms with Gasteiger partial charge in [-0.1, -0.05) is 26.7 Å². The van der Waals surface area contributed by atoms with Crippen LogP contribution in [0.25, 0.3) is 0 Å². The molecule has 0 aliphatic rings. The van der Waals surface area contributed by atoms with Gasteiger partial charge in [-0.25, -0.2) is 9.59 Å². The predicted molar refractivity (Wildman–Crippen MR) is 120 cm³/mol. The van der Waals surface area contributed by atoms with Gasteiger partial charge in [0.2, 0.25) is 0 Å². The van der Waals surface area contributed by atoms with Gasteiger partial charge in [0.05, 0.1) is 24.3 Å². The fourth-order valence-electron chi connectivity index (χ4n) is 3.65. The third kappa shape index (κ3) is 6.75. The highest BCUT2D eigenvalue weighted by molar-refractivity contribution is 5.95. The maximum Gasteiger partial charge on any atom is 0.336 e. The largest absolute Gasteiger partial charge is 0.478 e. The number of carboxylic acid groups (broad SMARTS) is 2. The third-order valence-electron chi connectivity index (χ3n) is 5.16. The van der Waals surface area contributed by atoms with Gasteiger partial charge in [0.1, 0.15) is 0 Å². The van der Waals surface area contributed by atoms with E-state index in [0.29, 0.717) is 13.2 Å². The Hall–Kier alpha value is -2.00. The molecule has 0 spiro atoms. The molecule has 0 fully saturated rings. The monoisotopic (exact) mass is 454 g/mol. The van der Waals surface area contributed by atoms with Crippen molar-refractivity contribution in [3.8, 4) is 0 Å². The molecule has 2 atom stereocenters. The summed E-state index contributed by atoms with van der Waals surface area (Å²) in [7, 11) is 0. The molecular weight excluding hydrogens is 416 g/mol. The molecule has 0 radical (unpaired) electrons. The summed E-state index contributed by atoms with van der Waals surface area (Å²) in [6.45, 7) is 11.8. The highest BCUT2D eigenvalue weighted by atomic mass is 16.7. The van der Waals surface area contributed by atoms with Gasteiger partial charge in [-0.05, 0) is 52.7 Å². The van der Waals surface area contributed by atoms with Crippen LogP contribution in [0.15, 0.2) is 12.1 Å². The first-order valence-electron chi connectivity index (χ1n) is 11.3. The van der Waals surface area contributed by atoms with E-state index < -0.39 is 23.5 Å². The number of unbranched alkanes of at least 4 members (excludes halogenated alkanes) is 2. The van der Waals surface area contributed by atoms with Crippen LogP contribution >= 0.6 is 0 Å². The first-order valence-corrected chi connectivity index (χ1v) is 11.3. The molecule has 0 bridgehead atoms. The summed E-state index contributed by atoms with van der Waals surface area (Å²) < 4.78 is 24.0. The number of ether oxygens (including phenoxy) is 4. The summed E-state index contributed by atoms with van der Waals surface area (Å²) >= 11 is 0. The van der Waals surface area contributed by atoms with Crippen molar-refractivity contribution in [2.75, 3.05) is 26.4 Å². The van der Waals surface area contributed by atoms with Crippen molar-refractivity contribution in [3.63, 3.8) is 0 Å². The average molecular weight is 455 g/mol. The molecule has 2 N–H and O–H groups in total. The standard InChI is InChI=1S/C24H38O8/c1-7-11-15-31-23(5,29-9-3)19-17(21(25)26)13-14-18(22(27)28)20(19)24(6,30-10-4)32-16-12-8-2/h13-14H,7-12,15-16H2,1-6H3,(H,25,26)(H,27,28). The van der Waals surface area contributed by atoms with Crippen molar-refractivity contribution < 1.29 is 38.7 Å². The molecular formula is C24H38O8. The molecule has 1 rings (SSSR count). The van der Waals surface area contributed by atoms with Crippen molar-refractivity contribution in [1.29, 1.82) is 0 Å². The van der Waals surface area contributed by atoms with Crippen LogP contribution in [0.2, 0.25) is 0 Å². The fourth-order valence-corrected chi connectivity index (χ4v) is 3.65. The Morgan fingerprint density at radius 2 is 1.06 bits per heavy atom. The third-order valence-corrected chi connectivity index (χ3v) is 5.16. The van der Waals surface area contributed by atoms with Crippen molar-refractivity contribution >= 4 is 11.9 Å². The number of rotatable bonds is 16. The molecule has 32 heavy (non-hydrogen) atoms. The smallest absolute Gasteiger partial charge is 0.336 e. The second-order valence-electron chi connectivity index (χ2n) is 7.68. The topological polar surface area (TPSA) is 112 Å². The van der Waals surface area contributed by atoms with Gasteiger partial charge in [0.15, 0.2) is 11.6 Å². The van der Waals surface area contributed by atoms with E-state index in [1.807, 2.05) is 13.8 Å².